The van der Waals surface area contributed by atoms with Crippen molar-refractivity contribution in [3.05, 3.63) is 71.8 Å². The molecular weight excluding hydrogens is 418 g/mol. The van der Waals surface area contributed by atoms with Crippen molar-refractivity contribution in [2.75, 3.05) is 13.4 Å². The number of aromatic nitrogens is 1. The molecule has 4 rings (SSSR count). The van der Waals surface area contributed by atoms with Crippen LogP contribution in [-0.4, -0.2) is 29.5 Å². The van der Waals surface area contributed by atoms with Gasteiger partial charge in [-0.1, -0.05) is 42.5 Å². The van der Waals surface area contributed by atoms with E-state index in [0.29, 0.717) is 0 Å². The van der Waals surface area contributed by atoms with Gasteiger partial charge in [0.2, 0.25) is 0 Å². The maximum absolute atomic E-state index is 12.6. The topological polar surface area (TPSA) is 40.5 Å². The molecule has 0 aliphatic heterocycles. The molecule has 5 heteroatoms. The van der Waals surface area contributed by atoms with Crippen molar-refractivity contribution in [2.45, 2.75) is 44.2 Å². The summed E-state index contributed by atoms with van der Waals surface area (Å²) < 4.78 is 13.3. The molecule has 0 aliphatic carbocycles. The molecule has 0 saturated carbocycles. The first-order valence-electron chi connectivity index (χ1n) is 10.7. The Balaban J connectivity index is 1.85. The summed E-state index contributed by atoms with van der Waals surface area (Å²) in [5.74, 6) is 0.644. The highest BCUT2D eigenvalue weighted by Gasteiger charge is 2.21. The number of benzene rings is 3. The van der Waals surface area contributed by atoms with Gasteiger partial charge in [-0.25, -0.2) is 0 Å². The summed E-state index contributed by atoms with van der Waals surface area (Å²) in [5.41, 5.74) is 4.04. The monoisotopic (exact) mass is 447 g/mol. The van der Waals surface area contributed by atoms with Crippen LogP contribution in [0.4, 0.5) is 0 Å². The number of hydrogen-bond donors (Lipinski definition) is 0. The highest BCUT2D eigenvalue weighted by atomic mass is 32.2. The maximum Gasteiger partial charge on any atom is 0.310 e. The fourth-order valence-corrected chi connectivity index (χ4v) is 4.95. The number of rotatable bonds is 6. The molecule has 1 heterocycles. The van der Waals surface area contributed by atoms with Gasteiger partial charge in [-0.15, -0.1) is 11.8 Å². The van der Waals surface area contributed by atoms with Gasteiger partial charge < -0.3 is 14.0 Å². The minimum atomic E-state index is -0.496. The highest BCUT2D eigenvalue weighted by molar-refractivity contribution is 7.98. The Kier molecular flexibility index (Phi) is 6.20. The summed E-state index contributed by atoms with van der Waals surface area (Å²) in [5, 5.41) is 2.42. The number of hydrogen-bond acceptors (Lipinski definition) is 4. The van der Waals surface area contributed by atoms with E-state index < -0.39 is 5.60 Å². The molecule has 0 unspecified atom stereocenters. The molecule has 1 aromatic heterocycles. The van der Waals surface area contributed by atoms with Crippen molar-refractivity contribution in [1.82, 2.24) is 4.57 Å². The van der Waals surface area contributed by atoms with Gasteiger partial charge in [0.05, 0.1) is 19.0 Å². The van der Waals surface area contributed by atoms with E-state index in [-0.39, 0.29) is 12.4 Å². The van der Waals surface area contributed by atoms with Crippen LogP contribution in [0.3, 0.4) is 0 Å². The van der Waals surface area contributed by atoms with Crippen LogP contribution in [0, 0.1) is 0 Å². The lowest BCUT2D eigenvalue weighted by atomic mass is 10.1. The van der Waals surface area contributed by atoms with Crippen molar-refractivity contribution in [2.24, 2.45) is 0 Å². The minimum absolute atomic E-state index is 0.204. The Morgan fingerprint density at radius 3 is 2.34 bits per heavy atom. The summed E-state index contributed by atoms with van der Waals surface area (Å²) in [7, 11) is 1.68. The first-order valence-corrected chi connectivity index (χ1v) is 11.9. The molecular formula is C27H29NO3S. The number of thioether (sulfide) groups is 1. The van der Waals surface area contributed by atoms with Gasteiger partial charge in [0, 0.05) is 27.7 Å². The van der Waals surface area contributed by atoms with Gasteiger partial charge in [-0.3, -0.25) is 4.79 Å². The number of para-hydroxylation sites is 1. The number of carbonyl (C=O) groups excluding carboxylic acids is 1. The second-order valence-corrected chi connectivity index (χ2v) is 9.69. The summed E-state index contributed by atoms with van der Waals surface area (Å²) in [6.45, 7) is 6.43. The Morgan fingerprint density at radius 1 is 0.969 bits per heavy atom. The predicted octanol–water partition coefficient (Wildman–Crippen LogP) is 6.46. The molecule has 0 aliphatic rings. The van der Waals surface area contributed by atoms with E-state index in [1.807, 2.05) is 32.9 Å². The van der Waals surface area contributed by atoms with Crippen LogP contribution in [0.5, 0.6) is 5.75 Å². The van der Waals surface area contributed by atoms with Crippen molar-refractivity contribution >= 4 is 39.5 Å². The molecule has 0 spiro atoms. The third kappa shape index (κ3) is 4.49. The molecule has 0 amide bonds. The average molecular weight is 448 g/mol. The Bertz CT molecular complexity index is 1270. The Hall–Kier alpha value is -2.92. The van der Waals surface area contributed by atoms with Crippen LogP contribution in [-0.2, 0) is 22.5 Å². The molecule has 0 bridgehead atoms. The molecule has 0 atom stereocenters. The number of nitrogens with zero attached hydrogens (tertiary/aromatic N) is 1. The lowest BCUT2D eigenvalue weighted by Crippen LogP contribution is -2.25. The average Bonchev–Trinajstić information content (AvgIpc) is 3.07. The predicted molar refractivity (Wildman–Crippen MR) is 133 cm³/mol. The number of esters is 1. The van der Waals surface area contributed by atoms with Crippen LogP contribution >= 0.6 is 11.8 Å². The molecule has 4 nitrogen and oxygen atoms in total. The van der Waals surface area contributed by atoms with E-state index in [4.69, 9.17) is 9.47 Å². The summed E-state index contributed by atoms with van der Waals surface area (Å²) in [4.78, 5) is 13.7. The molecule has 0 saturated heterocycles. The van der Waals surface area contributed by atoms with E-state index in [2.05, 4.69) is 59.4 Å². The van der Waals surface area contributed by atoms with E-state index in [1.54, 1.807) is 18.9 Å². The zero-order valence-electron chi connectivity index (χ0n) is 19.3. The fraction of sp³-hybridized carbons (Fsp3) is 0.296. The molecule has 166 valence electrons. The minimum Gasteiger partial charge on any atom is -0.497 e. The largest absolute Gasteiger partial charge is 0.497 e. The second-order valence-electron chi connectivity index (χ2n) is 8.87. The van der Waals surface area contributed by atoms with E-state index in [9.17, 15) is 4.79 Å². The lowest BCUT2D eigenvalue weighted by molar-refractivity contribution is -0.153. The lowest BCUT2D eigenvalue weighted by Gasteiger charge is -2.20. The van der Waals surface area contributed by atoms with Gasteiger partial charge in [0.1, 0.15) is 11.4 Å². The van der Waals surface area contributed by atoms with Gasteiger partial charge in [0.25, 0.3) is 0 Å². The second kappa shape index (κ2) is 8.91. The summed E-state index contributed by atoms with van der Waals surface area (Å²) in [6, 6.07) is 20.9. The molecule has 0 radical (unpaired) electrons. The summed E-state index contributed by atoms with van der Waals surface area (Å²) >= 11 is 1.68. The van der Waals surface area contributed by atoms with Crippen LogP contribution in [0.15, 0.2) is 65.6 Å². The molecule has 4 aromatic rings. The SMILES string of the molecule is COc1ccc(Cn2c3ccccc3c3ccc(CC(=O)OC(C)(C)C)c(SC)c32)cc1. The normalized spacial score (nSPS) is 11.8. The standard InChI is InChI=1S/C27H29NO3S/c1-27(2,3)31-24(29)16-19-12-15-22-21-8-6-7-9-23(21)28(25(22)26(19)32-5)17-18-10-13-20(30-4)14-11-18/h6-15H,16-17H2,1-5H3. The number of carbonyl (C=O) groups is 1. The number of methoxy groups -OCH3 is 1. The highest BCUT2D eigenvalue weighted by Crippen LogP contribution is 2.38. The van der Waals surface area contributed by atoms with Gasteiger partial charge in [-0.05, 0) is 56.4 Å². The first-order chi connectivity index (χ1) is 15.3. The third-order valence-corrected chi connectivity index (χ3v) is 6.29. The van der Waals surface area contributed by atoms with Gasteiger partial charge in [0.15, 0.2) is 0 Å². The van der Waals surface area contributed by atoms with Gasteiger partial charge >= 0.3 is 5.97 Å². The Morgan fingerprint density at radius 2 is 1.69 bits per heavy atom. The van der Waals surface area contributed by atoms with Crippen LogP contribution in [0.25, 0.3) is 21.8 Å². The van der Waals surface area contributed by atoms with Crippen LogP contribution in [0.1, 0.15) is 31.9 Å². The summed E-state index contributed by atoms with van der Waals surface area (Å²) in [6.07, 6.45) is 2.33. The molecule has 3 aromatic carbocycles. The van der Waals surface area contributed by atoms with Crippen molar-refractivity contribution in [3.8, 4) is 5.75 Å². The van der Waals surface area contributed by atoms with E-state index >= 15 is 0 Å². The number of fused-ring (bicyclic) bond motifs is 3. The molecule has 0 fully saturated rings. The van der Waals surface area contributed by atoms with E-state index in [1.165, 1.54) is 21.9 Å². The quantitative estimate of drug-likeness (QED) is 0.251. The first kappa shape index (κ1) is 22.3. The fourth-order valence-electron chi connectivity index (χ4n) is 4.13. The van der Waals surface area contributed by atoms with Crippen molar-refractivity contribution in [1.29, 1.82) is 0 Å². The van der Waals surface area contributed by atoms with Crippen LogP contribution < -0.4 is 4.74 Å². The smallest absolute Gasteiger partial charge is 0.310 e. The Labute approximate surface area is 193 Å². The van der Waals surface area contributed by atoms with E-state index in [0.717, 1.165) is 28.3 Å². The van der Waals surface area contributed by atoms with Gasteiger partial charge in [-0.2, -0.15) is 0 Å². The number of ether oxygens (including phenoxy) is 2. The zero-order chi connectivity index (χ0) is 22.9. The molecule has 32 heavy (non-hydrogen) atoms. The van der Waals surface area contributed by atoms with Crippen molar-refractivity contribution in [3.63, 3.8) is 0 Å². The molecule has 0 N–H and O–H groups in total. The van der Waals surface area contributed by atoms with Crippen molar-refractivity contribution < 1.29 is 14.3 Å². The zero-order valence-corrected chi connectivity index (χ0v) is 20.1. The third-order valence-electron chi connectivity index (χ3n) is 5.43. The maximum atomic E-state index is 12.6. The van der Waals surface area contributed by atoms with Crippen LogP contribution in [0.2, 0.25) is 0 Å².